The second-order valence-electron chi connectivity index (χ2n) is 4.91. The van der Waals surface area contributed by atoms with E-state index in [9.17, 15) is 0 Å². The van der Waals surface area contributed by atoms with Crippen molar-refractivity contribution in [1.29, 1.82) is 0 Å². The Kier molecular flexibility index (Phi) is 6.74. The number of rotatable bonds is 9. The van der Waals surface area contributed by atoms with Gasteiger partial charge in [-0.2, -0.15) is 5.06 Å². The summed E-state index contributed by atoms with van der Waals surface area (Å²) in [5.74, 6) is 1.93. The highest BCUT2D eigenvalue weighted by atomic mass is 16.7. The van der Waals surface area contributed by atoms with Gasteiger partial charge in [-0.3, -0.25) is 0 Å². The zero-order valence-electron chi connectivity index (χ0n) is 11.1. The van der Waals surface area contributed by atoms with Crippen LogP contribution in [-0.2, 0) is 4.84 Å². The number of hydrogen-bond acceptors (Lipinski definition) is 2. The lowest BCUT2D eigenvalue weighted by Crippen LogP contribution is -2.17. The molecule has 0 radical (unpaired) electrons. The highest BCUT2D eigenvalue weighted by Gasteiger charge is 2.32. The molecule has 1 aliphatic carbocycles. The summed E-state index contributed by atoms with van der Waals surface area (Å²) in [7, 11) is 3.70. The Labute approximate surface area is 101 Å². The predicted molar refractivity (Wildman–Crippen MR) is 69.1 cm³/mol. The van der Waals surface area contributed by atoms with Crippen LogP contribution in [0.2, 0.25) is 0 Å². The largest absolute Gasteiger partial charge is 0.303 e. The molecule has 0 saturated heterocycles. The maximum absolute atomic E-state index is 5.06. The lowest BCUT2D eigenvalue weighted by Gasteiger charge is -2.11. The summed E-state index contributed by atoms with van der Waals surface area (Å²) in [5, 5.41) is 1.89. The van der Waals surface area contributed by atoms with Crippen molar-refractivity contribution < 1.29 is 4.84 Å². The summed E-state index contributed by atoms with van der Waals surface area (Å²) in [4.78, 5) is 5.06. The van der Waals surface area contributed by atoms with E-state index in [0.717, 1.165) is 18.4 Å². The van der Waals surface area contributed by atoms with E-state index < -0.39 is 0 Å². The Balaban J connectivity index is 1.90. The van der Waals surface area contributed by atoms with Crippen molar-refractivity contribution in [3.05, 3.63) is 12.2 Å². The SMILES string of the molecule is CCCC1C[C@H]1/C=C\CCCCN(C)OC. The minimum absolute atomic E-state index is 0.918. The first-order valence-electron chi connectivity index (χ1n) is 6.69. The van der Waals surface area contributed by atoms with Gasteiger partial charge in [0.1, 0.15) is 0 Å². The maximum atomic E-state index is 5.06. The summed E-state index contributed by atoms with van der Waals surface area (Å²) >= 11 is 0. The molecule has 0 bridgehead atoms. The van der Waals surface area contributed by atoms with Gasteiger partial charge in [-0.15, -0.1) is 0 Å². The molecule has 2 atom stereocenters. The van der Waals surface area contributed by atoms with Gasteiger partial charge < -0.3 is 4.84 Å². The third kappa shape index (κ3) is 5.66. The van der Waals surface area contributed by atoms with Crippen LogP contribution >= 0.6 is 0 Å². The van der Waals surface area contributed by atoms with Gasteiger partial charge in [-0.25, -0.2) is 0 Å². The van der Waals surface area contributed by atoms with Crippen LogP contribution in [0.25, 0.3) is 0 Å². The van der Waals surface area contributed by atoms with Crippen molar-refractivity contribution >= 4 is 0 Å². The first-order valence-corrected chi connectivity index (χ1v) is 6.69. The van der Waals surface area contributed by atoms with Crippen LogP contribution in [0.1, 0.15) is 45.4 Å². The Bertz CT molecular complexity index is 203. The summed E-state index contributed by atoms with van der Waals surface area (Å²) < 4.78 is 0. The van der Waals surface area contributed by atoms with Gasteiger partial charge in [0.05, 0.1) is 7.11 Å². The van der Waals surface area contributed by atoms with Gasteiger partial charge in [0.25, 0.3) is 0 Å². The third-order valence-corrected chi connectivity index (χ3v) is 3.43. The second kappa shape index (κ2) is 7.86. The van der Waals surface area contributed by atoms with Gasteiger partial charge in [0.15, 0.2) is 0 Å². The van der Waals surface area contributed by atoms with Crippen LogP contribution in [-0.4, -0.2) is 25.8 Å². The molecule has 0 heterocycles. The van der Waals surface area contributed by atoms with Crippen molar-refractivity contribution in [1.82, 2.24) is 5.06 Å². The molecule has 0 aromatic carbocycles. The number of hydroxylamine groups is 2. The number of hydrogen-bond donors (Lipinski definition) is 0. The van der Waals surface area contributed by atoms with Gasteiger partial charge in [0, 0.05) is 13.6 Å². The molecule has 94 valence electrons. The Hall–Kier alpha value is -0.340. The quantitative estimate of drug-likeness (QED) is 0.337. The molecule has 1 saturated carbocycles. The standard InChI is InChI=1S/C14H27NO/c1-4-9-13-12-14(13)10-7-5-6-8-11-15(2)16-3/h7,10,13-14H,4-6,8-9,11-12H2,1-3H3/b10-7-/t13?,14-/m1/s1. The van der Waals surface area contributed by atoms with Crippen LogP contribution in [0.3, 0.4) is 0 Å². The van der Waals surface area contributed by atoms with Crippen molar-refractivity contribution in [2.24, 2.45) is 11.8 Å². The van der Waals surface area contributed by atoms with Gasteiger partial charge in [-0.05, 0) is 37.5 Å². The predicted octanol–water partition coefficient (Wildman–Crippen LogP) is 3.64. The summed E-state index contributed by atoms with van der Waals surface area (Å²) in [6.07, 6.45) is 12.8. The summed E-state index contributed by atoms with van der Waals surface area (Å²) in [6, 6.07) is 0. The maximum Gasteiger partial charge on any atom is 0.0575 e. The van der Waals surface area contributed by atoms with Gasteiger partial charge in [-0.1, -0.05) is 31.9 Å². The fourth-order valence-corrected chi connectivity index (χ4v) is 2.17. The zero-order valence-corrected chi connectivity index (χ0v) is 11.1. The average Bonchev–Trinajstić information content (AvgIpc) is 3.02. The Morgan fingerprint density at radius 1 is 1.38 bits per heavy atom. The first kappa shape index (κ1) is 13.7. The first-order chi connectivity index (χ1) is 7.77. The van der Waals surface area contributed by atoms with Crippen LogP contribution in [0.15, 0.2) is 12.2 Å². The Morgan fingerprint density at radius 3 is 2.88 bits per heavy atom. The molecule has 1 aliphatic rings. The molecule has 2 nitrogen and oxygen atoms in total. The smallest absolute Gasteiger partial charge is 0.0575 e. The summed E-state index contributed by atoms with van der Waals surface area (Å²) in [6.45, 7) is 3.32. The number of nitrogens with zero attached hydrogens (tertiary/aromatic N) is 1. The second-order valence-corrected chi connectivity index (χ2v) is 4.91. The van der Waals surface area contributed by atoms with Crippen molar-refractivity contribution in [2.45, 2.75) is 45.4 Å². The molecule has 16 heavy (non-hydrogen) atoms. The van der Waals surface area contributed by atoms with Crippen LogP contribution < -0.4 is 0 Å². The Morgan fingerprint density at radius 2 is 2.19 bits per heavy atom. The van der Waals surface area contributed by atoms with E-state index >= 15 is 0 Å². The third-order valence-electron chi connectivity index (χ3n) is 3.43. The molecule has 0 N–H and O–H groups in total. The molecular formula is C14H27NO. The molecule has 1 unspecified atom stereocenters. The monoisotopic (exact) mass is 225 g/mol. The van der Waals surface area contributed by atoms with Crippen LogP contribution in [0, 0.1) is 11.8 Å². The topological polar surface area (TPSA) is 12.5 Å². The summed E-state index contributed by atoms with van der Waals surface area (Å²) in [5.41, 5.74) is 0. The fraction of sp³-hybridized carbons (Fsp3) is 0.857. The highest BCUT2D eigenvalue weighted by molar-refractivity contribution is 5.01. The number of unbranched alkanes of at least 4 members (excludes halogenated alkanes) is 2. The lowest BCUT2D eigenvalue weighted by molar-refractivity contribution is -0.109. The normalized spacial score (nSPS) is 24.5. The molecule has 0 aromatic rings. The molecule has 1 rings (SSSR count). The van der Waals surface area contributed by atoms with Crippen molar-refractivity contribution in [2.75, 3.05) is 20.7 Å². The lowest BCUT2D eigenvalue weighted by atomic mass is 10.1. The van der Waals surface area contributed by atoms with E-state index in [0.29, 0.717) is 0 Å². The van der Waals surface area contributed by atoms with Crippen LogP contribution in [0.5, 0.6) is 0 Å². The molecule has 0 aromatic heterocycles. The number of allylic oxidation sites excluding steroid dienone is 2. The van der Waals surface area contributed by atoms with E-state index in [2.05, 4.69) is 19.1 Å². The molecular weight excluding hydrogens is 198 g/mol. The van der Waals surface area contributed by atoms with E-state index in [1.165, 1.54) is 38.5 Å². The molecule has 0 spiro atoms. The van der Waals surface area contributed by atoms with E-state index in [4.69, 9.17) is 4.84 Å². The van der Waals surface area contributed by atoms with Crippen molar-refractivity contribution in [3.8, 4) is 0 Å². The minimum Gasteiger partial charge on any atom is -0.303 e. The fourth-order valence-electron chi connectivity index (χ4n) is 2.17. The van der Waals surface area contributed by atoms with Gasteiger partial charge >= 0.3 is 0 Å². The minimum atomic E-state index is 0.918. The average molecular weight is 225 g/mol. The van der Waals surface area contributed by atoms with E-state index in [1.807, 2.05) is 12.1 Å². The van der Waals surface area contributed by atoms with Crippen LogP contribution in [0.4, 0.5) is 0 Å². The van der Waals surface area contributed by atoms with E-state index in [1.54, 1.807) is 7.11 Å². The van der Waals surface area contributed by atoms with E-state index in [-0.39, 0.29) is 0 Å². The molecule has 1 fully saturated rings. The highest BCUT2D eigenvalue weighted by Crippen LogP contribution is 2.42. The zero-order chi connectivity index (χ0) is 11.8. The van der Waals surface area contributed by atoms with Crippen molar-refractivity contribution in [3.63, 3.8) is 0 Å². The molecule has 0 amide bonds. The van der Waals surface area contributed by atoms with Gasteiger partial charge in [0.2, 0.25) is 0 Å². The molecule has 2 heteroatoms. The molecule has 0 aliphatic heterocycles.